The summed E-state index contributed by atoms with van der Waals surface area (Å²) >= 11 is 0. The maximum Gasteiger partial charge on any atom is 0.272 e. The number of carbonyl (C=O) groups is 1. The standard InChI is InChI=1S/C18H20F2N4O2/c19-16(20)10-26-17-14-9-13(3-4-15(14)21-11-22-17)23-5-7-24(8-6-23)18(25)12-1-2-12/h3-4,9,11-12,16H,1-2,5-8,10H2. The van der Waals surface area contributed by atoms with E-state index in [-0.39, 0.29) is 17.7 Å². The van der Waals surface area contributed by atoms with Crippen molar-refractivity contribution in [2.45, 2.75) is 19.3 Å². The molecule has 2 aliphatic rings. The zero-order valence-corrected chi connectivity index (χ0v) is 14.3. The second-order valence-electron chi connectivity index (χ2n) is 6.67. The molecule has 0 radical (unpaired) electrons. The predicted molar refractivity (Wildman–Crippen MR) is 92.6 cm³/mol. The molecular formula is C18H20F2N4O2. The van der Waals surface area contributed by atoms with Crippen molar-refractivity contribution in [1.82, 2.24) is 14.9 Å². The topological polar surface area (TPSA) is 58.6 Å². The Morgan fingerprint density at radius 1 is 1.19 bits per heavy atom. The molecule has 26 heavy (non-hydrogen) atoms. The third-order valence-electron chi connectivity index (χ3n) is 4.81. The first-order valence-electron chi connectivity index (χ1n) is 8.81. The molecule has 8 heteroatoms. The van der Waals surface area contributed by atoms with Crippen molar-refractivity contribution in [1.29, 1.82) is 0 Å². The van der Waals surface area contributed by atoms with Gasteiger partial charge in [-0.2, -0.15) is 0 Å². The second kappa shape index (κ2) is 7.01. The molecule has 2 heterocycles. The largest absolute Gasteiger partial charge is 0.471 e. The summed E-state index contributed by atoms with van der Waals surface area (Å²) in [7, 11) is 0. The molecule has 0 bridgehead atoms. The van der Waals surface area contributed by atoms with Crippen LogP contribution in [-0.4, -0.2) is 60.0 Å². The predicted octanol–water partition coefficient (Wildman–Crippen LogP) is 2.33. The molecule has 2 aromatic rings. The van der Waals surface area contributed by atoms with E-state index in [1.165, 1.54) is 6.33 Å². The number of hydrogen-bond acceptors (Lipinski definition) is 5. The van der Waals surface area contributed by atoms with Gasteiger partial charge in [0, 0.05) is 37.8 Å². The summed E-state index contributed by atoms with van der Waals surface area (Å²) in [4.78, 5) is 24.4. The van der Waals surface area contributed by atoms with Crippen LogP contribution in [0, 0.1) is 5.92 Å². The minimum absolute atomic E-state index is 0.166. The number of aromatic nitrogens is 2. The number of anilines is 1. The number of ether oxygens (including phenoxy) is 1. The molecule has 1 aromatic heterocycles. The Kier molecular flexibility index (Phi) is 4.57. The summed E-state index contributed by atoms with van der Waals surface area (Å²) in [6.45, 7) is 2.19. The van der Waals surface area contributed by atoms with Crippen LogP contribution in [0.15, 0.2) is 24.5 Å². The number of fused-ring (bicyclic) bond motifs is 1. The van der Waals surface area contributed by atoms with Gasteiger partial charge >= 0.3 is 0 Å². The SMILES string of the molecule is O=C(C1CC1)N1CCN(c2ccc3ncnc(OCC(F)F)c3c2)CC1. The van der Waals surface area contributed by atoms with Crippen molar-refractivity contribution in [2.24, 2.45) is 5.92 Å². The van der Waals surface area contributed by atoms with E-state index < -0.39 is 13.0 Å². The fourth-order valence-corrected chi connectivity index (χ4v) is 3.25. The van der Waals surface area contributed by atoms with Crippen LogP contribution in [0.1, 0.15) is 12.8 Å². The van der Waals surface area contributed by atoms with Crippen LogP contribution >= 0.6 is 0 Å². The van der Waals surface area contributed by atoms with Gasteiger partial charge < -0.3 is 14.5 Å². The first kappa shape index (κ1) is 16.9. The number of amides is 1. The molecule has 1 aliphatic carbocycles. The number of halogens is 2. The van der Waals surface area contributed by atoms with Gasteiger partial charge in [-0.3, -0.25) is 4.79 Å². The molecule has 4 rings (SSSR count). The van der Waals surface area contributed by atoms with Crippen LogP contribution in [-0.2, 0) is 4.79 Å². The van der Waals surface area contributed by atoms with Crippen molar-refractivity contribution in [3.05, 3.63) is 24.5 Å². The summed E-state index contributed by atoms with van der Waals surface area (Å²) in [5.41, 5.74) is 1.60. The van der Waals surface area contributed by atoms with E-state index in [1.807, 2.05) is 23.1 Å². The summed E-state index contributed by atoms with van der Waals surface area (Å²) < 4.78 is 30.0. The number of hydrogen-bond donors (Lipinski definition) is 0. The molecule has 1 aromatic carbocycles. The first-order chi connectivity index (χ1) is 12.6. The molecule has 0 spiro atoms. The van der Waals surface area contributed by atoms with Crippen molar-refractivity contribution < 1.29 is 18.3 Å². The Balaban J connectivity index is 1.50. The molecule has 6 nitrogen and oxygen atoms in total. The van der Waals surface area contributed by atoms with Gasteiger partial charge in [-0.25, -0.2) is 18.7 Å². The number of piperazine rings is 1. The molecule has 1 aliphatic heterocycles. The lowest BCUT2D eigenvalue weighted by Gasteiger charge is -2.36. The highest BCUT2D eigenvalue weighted by atomic mass is 19.3. The number of benzene rings is 1. The van der Waals surface area contributed by atoms with E-state index in [0.29, 0.717) is 24.0 Å². The number of carbonyl (C=O) groups excluding carboxylic acids is 1. The number of rotatable bonds is 5. The first-order valence-corrected chi connectivity index (χ1v) is 8.81. The van der Waals surface area contributed by atoms with E-state index in [9.17, 15) is 13.6 Å². The summed E-state index contributed by atoms with van der Waals surface area (Å²) in [5.74, 6) is 0.688. The fourth-order valence-electron chi connectivity index (χ4n) is 3.25. The van der Waals surface area contributed by atoms with Gasteiger partial charge in [-0.05, 0) is 31.0 Å². The van der Waals surface area contributed by atoms with Crippen molar-refractivity contribution in [3.63, 3.8) is 0 Å². The van der Waals surface area contributed by atoms with Crippen molar-refractivity contribution >= 4 is 22.5 Å². The molecular weight excluding hydrogens is 342 g/mol. The second-order valence-corrected chi connectivity index (χ2v) is 6.67. The normalized spacial score (nSPS) is 17.8. The molecule has 1 amide bonds. The molecule has 138 valence electrons. The lowest BCUT2D eigenvalue weighted by molar-refractivity contribution is -0.132. The van der Waals surface area contributed by atoms with Gasteiger partial charge in [-0.1, -0.05) is 0 Å². The Hall–Kier alpha value is -2.51. The third-order valence-corrected chi connectivity index (χ3v) is 4.81. The molecule has 0 unspecified atom stereocenters. The number of nitrogens with zero attached hydrogens (tertiary/aromatic N) is 4. The highest BCUT2D eigenvalue weighted by Crippen LogP contribution is 2.32. The van der Waals surface area contributed by atoms with Crippen molar-refractivity contribution in [2.75, 3.05) is 37.7 Å². The third kappa shape index (κ3) is 3.54. The van der Waals surface area contributed by atoms with E-state index in [2.05, 4.69) is 14.9 Å². The van der Waals surface area contributed by atoms with Crippen LogP contribution in [0.25, 0.3) is 10.9 Å². The van der Waals surface area contributed by atoms with Crippen LogP contribution in [0.4, 0.5) is 14.5 Å². The molecule has 2 fully saturated rings. The zero-order valence-electron chi connectivity index (χ0n) is 14.3. The van der Waals surface area contributed by atoms with Crippen LogP contribution in [0.2, 0.25) is 0 Å². The highest BCUT2D eigenvalue weighted by molar-refractivity contribution is 5.87. The van der Waals surface area contributed by atoms with E-state index in [0.717, 1.165) is 31.6 Å². The van der Waals surface area contributed by atoms with E-state index in [1.54, 1.807) is 0 Å². The highest BCUT2D eigenvalue weighted by Gasteiger charge is 2.34. The number of alkyl halides is 2. The lowest BCUT2D eigenvalue weighted by atomic mass is 10.1. The Morgan fingerprint density at radius 2 is 1.96 bits per heavy atom. The maximum atomic E-state index is 12.4. The van der Waals surface area contributed by atoms with Gasteiger partial charge in [0.2, 0.25) is 11.8 Å². The summed E-state index contributed by atoms with van der Waals surface area (Å²) in [6.07, 6.45) is 0.793. The van der Waals surface area contributed by atoms with Gasteiger partial charge in [0.1, 0.15) is 6.33 Å². The Labute approximate surface area is 149 Å². The Morgan fingerprint density at radius 3 is 2.65 bits per heavy atom. The van der Waals surface area contributed by atoms with Crippen LogP contribution < -0.4 is 9.64 Å². The van der Waals surface area contributed by atoms with Gasteiger partial charge in [0.25, 0.3) is 6.43 Å². The Bertz CT molecular complexity index is 805. The quantitative estimate of drug-likeness (QED) is 0.817. The summed E-state index contributed by atoms with van der Waals surface area (Å²) in [5, 5.41) is 0.613. The fraction of sp³-hybridized carbons (Fsp3) is 0.500. The van der Waals surface area contributed by atoms with E-state index in [4.69, 9.17) is 4.74 Å². The van der Waals surface area contributed by atoms with Gasteiger partial charge in [-0.15, -0.1) is 0 Å². The monoisotopic (exact) mass is 362 g/mol. The van der Waals surface area contributed by atoms with Gasteiger partial charge in [0.15, 0.2) is 6.61 Å². The lowest BCUT2D eigenvalue weighted by Crippen LogP contribution is -2.49. The van der Waals surface area contributed by atoms with E-state index >= 15 is 0 Å². The molecule has 0 atom stereocenters. The molecule has 1 saturated carbocycles. The minimum Gasteiger partial charge on any atom is -0.471 e. The average molecular weight is 362 g/mol. The van der Waals surface area contributed by atoms with Crippen LogP contribution in [0.3, 0.4) is 0 Å². The zero-order chi connectivity index (χ0) is 18.1. The summed E-state index contributed by atoms with van der Waals surface area (Å²) in [6, 6.07) is 5.66. The van der Waals surface area contributed by atoms with Crippen LogP contribution in [0.5, 0.6) is 5.88 Å². The van der Waals surface area contributed by atoms with Crippen molar-refractivity contribution in [3.8, 4) is 5.88 Å². The maximum absolute atomic E-state index is 12.4. The molecule has 1 saturated heterocycles. The minimum atomic E-state index is -2.56. The average Bonchev–Trinajstić information content (AvgIpc) is 3.50. The molecule has 0 N–H and O–H groups in total. The smallest absolute Gasteiger partial charge is 0.272 e. The van der Waals surface area contributed by atoms with Gasteiger partial charge in [0.05, 0.1) is 10.9 Å².